The number of hydrogen-bond donors (Lipinski definition) is 1. The van der Waals surface area contributed by atoms with E-state index in [2.05, 4.69) is 15.3 Å². The Bertz CT molecular complexity index is 1060. The molecule has 1 fully saturated rings. The highest BCUT2D eigenvalue weighted by Crippen LogP contribution is 2.26. The molecule has 0 bridgehead atoms. The van der Waals surface area contributed by atoms with Crippen molar-refractivity contribution in [2.24, 2.45) is 0 Å². The molecule has 3 aromatic rings. The maximum Gasteiger partial charge on any atom is 0.411 e. The van der Waals surface area contributed by atoms with E-state index < -0.39 is 6.09 Å². The summed E-state index contributed by atoms with van der Waals surface area (Å²) in [6, 6.07) is 9.30. The van der Waals surface area contributed by atoms with Crippen molar-refractivity contribution >= 4 is 11.8 Å². The molecule has 3 aromatic heterocycles. The van der Waals surface area contributed by atoms with Crippen LogP contribution in [0.1, 0.15) is 42.8 Å². The van der Waals surface area contributed by atoms with Gasteiger partial charge >= 0.3 is 6.09 Å². The van der Waals surface area contributed by atoms with Crippen molar-refractivity contribution in [3.05, 3.63) is 47.5 Å². The highest BCUT2D eigenvalue weighted by atomic mass is 16.5. The molecule has 0 aromatic carbocycles. The molecule has 1 N–H and O–H groups in total. The van der Waals surface area contributed by atoms with Crippen LogP contribution in [0.15, 0.2) is 34.7 Å². The Morgan fingerprint density at radius 2 is 1.88 bits per heavy atom. The number of anilines is 1. The Balaban J connectivity index is 1.48. The molecule has 8 heteroatoms. The van der Waals surface area contributed by atoms with Gasteiger partial charge in [0.05, 0.1) is 11.4 Å². The van der Waals surface area contributed by atoms with E-state index >= 15 is 0 Å². The molecule has 4 heterocycles. The monoisotopic (exact) mass is 437 g/mol. The summed E-state index contributed by atoms with van der Waals surface area (Å²) in [6.45, 7) is 9.07. The second-order valence-corrected chi connectivity index (χ2v) is 8.37. The van der Waals surface area contributed by atoms with E-state index in [-0.39, 0.29) is 0 Å². The van der Waals surface area contributed by atoms with Crippen LogP contribution in [-0.2, 0) is 4.74 Å². The Hall–Kier alpha value is -3.13. The predicted molar refractivity (Wildman–Crippen MR) is 123 cm³/mol. The summed E-state index contributed by atoms with van der Waals surface area (Å²) in [7, 11) is 0. The molecule has 0 spiro atoms. The lowest BCUT2D eigenvalue weighted by Gasteiger charge is -2.19. The molecule has 1 amide bonds. The van der Waals surface area contributed by atoms with Crippen molar-refractivity contribution < 1.29 is 13.9 Å². The van der Waals surface area contributed by atoms with Gasteiger partial charge in [-0.3, -0.25) is 10.2 Å². The number of rotatable bonds is 6. The predicted octanol–water partition coefficient (Wildman–Crippen LogP) is 4.88. The van der Waals surface area contributed by atoms with Crippen molar-refractivity contribution in [1.82, 2.24) is 19.7 Å². The molecule has 0 radical (unpaired) electrons. The highest BCUT2D eigenvalue weighted by molar-refractivity contribution is 5.85. The number of nitrogens with one attached hydrogen (secondary N) is 1. The summed E-state index contributed by atoms with van der Waals surface area (Å²) < 4.78 is 13.0. The maximum absolute atomic E-state index is 12.5. The van der Waals surface area contributed by atoms with Gasteiger partial charge in [0, 0.05) is 18.3 Å². The van der Waals surface area contributed by atoms with Gasteiger partial charge in [0.15, 0.2) is 11.6 Å². The topological polar surface area (TPSA) is 85.4 Å². The summed E-state index contributed by atoms with van der Waals surface area (Å²) in [4.78, 5) is 19.5. The third kappa shape index (κ3) is 5.56. The smallest absolute Gasteiger partial charge is 0.411 e. The van der Waals surface area contributed by atoms with Crippen LogP contribution in [0.4, 0.5) is 10.5 Å². The fourth-order valence-electron chi connectivity index (χ4n) is 4.04. The second kappa shape index (κ2) is 9.99. The van der Waals surface area contributed by atoms with Crippen LogP contribution in [0.25, 0.3) is 17.3 Å². The number of aromatic nitrogens is 3. The van der Waals surface area contributed by atoms with Crippen molar-refractivity contribution in [3.63, 3.8) is 0 Å². The van der Waals surface area contributed by atoms with Gasteiger partial charge in [-0.15, -0.1) is 0 Å². The Morgan fingerprint density at radius 3 is 2.53 bits per heavy atom. The quantitative estimate of drug-likeness (QED) is 0.592. The average Bonchev–Trinajstić information content (AvgIpc) is 3.23. The zero-order chi connectivity index (χ0) is 22.5. The lowest BCUT2D eigenvalue weighted by Crippen LogP contribution is -2.30. The lowest BCUT2D eigenvalue weighted by atomic mass is 10.2. The lowest BCUT2D eigenvalue weighted by molar-refractivity contribution is 0.140. The second-order valence-electron chi connectivity index (χ2n) is 8.37. The van der Waals surface area contributed by atoms with Crippen molar-refractivity contribution in [2.45, 2.75) is 46.5 Å². The normalized spacial score (nSPS) is 14.8. The fourth-order valence-corrected chi connectivity index (χ4v) is 4.04. The number of nitrogens with zero attached hydrogens (tertiary/aromatic N) is 4. The standard InChI is InChI=1S/C24H31N5O3/c1-17-14-18(2)29(27-17)23-16-20(15-21(26-23)22-9-8-19(3)32-22)25-24(30)31-13-12-28-10-6-4-5-7-11-28/h8-9,14-16H,4-7,10-13H2,1-3H3,(H,25,26,30). The third-order valence-corrected chi connectivity index (χ3v) is 5.62. The van der Waals surface area contributed by atoms with Gasteiger partial charge in [0.1, 0.15) is 18.1 Å². The van der Waals surface area contributed by atoms with Crippen molar-refractivity contribution in [1.29, 1.82) is 0 Å². The molecule has 170 valence electrons. The molecule has 0 aliphatic carbocycles. The largest absolute Gasteiger partial charge is 0.460 e. The van der Waals surface area contributed by atoms with E-state index in [9.17, 15) is 4.79 Å². The molecular formula is C24H31N5O3. The van der Waals surface area contributed by atoms with Gasteiger partial charge < -0.3 is 9.15 Å². The first-order valence-corrected chi connectivity index (χ1v) is 11.3. The van der Waals surface area contributed by atoms with Crippen LogP contribution in [0.5, 0.6) is 0 Å². The first kappa shape index (κ1) is 22.1. The molecule has 0 saturated carbocycles. The highest BCUT2D eigenvalue weighted by Gasteiger charge is 2.15. The number of furan rings is 1. The number of pyridine rings is 1. The third-order valence-electron chi connectivity index (χ3n) is 5.62. The molecule has 32 heavy (non-hydrogen) atoms. The summed E-state index contributed by atoms with van der Waals surface area (Å²) in [5.74, 6) is 2.02. The van der Waals surface area contributed by atoms with E-state index in [0.29, 0.717) is 29.6 Å². The van der Waals surface area contributed by atoms with Gasteiger partial charge in [-0.05, 0) is 71.0 Å². The number of amides is 1. The Labute approximate surface area is 188 Å². The van der Waals surface area contributed by atoms with E-state index in [1.165, 1.54) is 25.7 Å². The molecule has 1 aliphatic heterocycles. The number of carbonyl (C=O) groups excluding carboxylic acids is 1. The number of aryl methyl sites for hydroxylation is 3. The Kier molecular flexibility index (Phi) is 6.90. The van der Waals surface area contributed by atoms with Crippen molar-refractivity contribution in [3.8, 4) is 17.3 Å². The number of ether oxygens (including phenoxy) is 1. The summed E-state index contributed by atoms with van der Waals surface area (Å²) in [5, 5.41) is 7.37. The van der Waals surface area contributed by atoms with Gasteiger partial charge in [0.2, 0.25) is 0 Å². The van der Waals surface area contributed by atoms with Crippen LogP contribution in [0.3, 0.4) is 0 Å². The van der Waals surface area contributed by atoms with Gasteiger partial charge in [-0.1, -0.05) is 12.8 Å². The number of likely N-dealkylation sites (tertiary alicyclic amines) is 1. The fraction of sp³-hybridized carbons (Fsp3) is 0.458. The number of carbonyl (C=O) groups is 1. The summed E-state index contributed by atoms with van der Waals surface area (Å²) >= 11 is 0. The average molecular weight is 438 g/mol. The van der Waals surface area contributed by atoms with Crippen LogP contribution < -0.4 is 5.32 Å². The first-order valence-electron chi connectivity index (χ1n) is 11.3. The zero-order valence-corrected chi connectivity index (χ0v) is 19.1. The van der Waals surface area contributed by atoms with Gasteiger partial charge in [-0.2, -0.15) is 5.10 Å². The van der Waals surface area contributed by atoms with E-state index in [4.69, 9.17) is 14.1 Å². The first-order chi connectivity index (χ1) is 15.5. The summed E-state index contributed by atoms with van der Waals surface area (Å²) in [5.41, 5.74) is 3.04. The zero-order valence-electron chi connectivity index (χ0n) is 19.1. The molecule has 1 aliphatic rings. The molecular weight excluding hydrogens is 406 g/mol. The van der Waals surface area contributed by atoms with Gasteiger partial charge in [0.25, 0.3) is 0 Å². The molecule has 0 unspecified atom stereocenters. The van der Waals surface area contributed by atoms with Crippen LogP contribution in [0.2, 0.25) is 0 Å². The number of hydrogen-bond acceptors (Lipinski definition) is 6. The minimum absolute atomic E-state index is 0.367. The summed E-state index contributed by atoms with van der Waals surface area (Å²) in [6.07, 6.45) is 4.52. The van der Waals surface area contributed by atoms with E-state index in [1.54, 1.807) is 16.8 Å². The maximum atomic E-state index is 12.5. The minimum Gasteiger partial charge on any atom is -0.460 e. The van der Waals surface area contributed by atoms with E-state index in [1.807, 2.05) is 39.0 Å². The van der Waals surface area contributed by atoms with Crippen LogP contribution in [-0.4, -0.2) is 52.0 Å². The molecule has 1 saturated heterocycles. The van der Waals surface area contributed by atoms with E-state index in [0.717, 1.165) is 36.8 Å². The SMILES string of the molecule is Cc1cc(C)n(-c2cc(NC(=O)OCCN3CCCCCC3)cc(-c3ccc(C)o3)n2)n1. The Morgan fingerprint density at radius 1 is 1.09 bits per heavy atom. The molecule has 4 rings (SSSR count). The van der Waals surface area contributed by atoms with Crippen molar-refractivity contribution in [2.75, 3.05) is 31.6 Å². The molecule has 0 atom stereocenters. The minimum atomic E-state index is -0.480. The van der Waals surface area contributed by atoms with Crippen LogP contribution >= 0.6 is 0 Å². The van der Waals surface area contributed by atoms with Gasteiger partial charge in [-0.25, -0.2) is 14.5 Å². The molecule has 8 nitrogen and oxygen atoms in total. The van der Waals surface area contributed by atoms with Crippen LogP contribution in [0, 0.1) is 20.8 Å².